The molecule has 17 heavy (non-hydrogen) atoms. The number of hydrogen-bond donors (Lipinski definition) is 2. The summed E-state index contributed by atoms with van der Waals surface area (Å²) in [6.45, 7) is 0. The zero-order valence-corrected chi connectivity index (χ0v) is 9.92. The number of nitrogens with two attached hydrogens (primary N) is 1. The van der Waals surface area contributed by atoms with Crippen LogP contribution in [0.5, 0.6) is 0 Å². The van der Waals surface area contributed by atoms with Crippen molar-refractivity contribution in [2.75, 3.05) is 11.1 Å². The molecule has 0 fully saturated rings. The molecule has 2 rings (SSSR count). The van der Waals surface area contributed by atoms with Crippen LogP contribution in [0.4, 0.5) is 11.5 Å². The van der Waals surface area contributed by atoms with E-state index in [2.05, 4.69) is 15.0 Å². The topological polar surface area (TPSA) is 81.2 Å². The molecule has 0 saturated heterocycles. The fourth-order valence-electron chi connectivity index (χ4n) is 1.18. The zero-order chi connectivity index (χ0) is 12.4. The Labute approximate surface area is 106 Å². The first-order valence-electron chi connectivity index (χ1n) is 4.54. The Kier molecular flexibility index (Phi) is 3.21. The minimum absolute atomic E-state index is 0.225. The lowest BCUT2D eigenvalue weighted by atomic mass is 10.2. The Morgan fingerprint density at radius 2 is 2.00 bits per heavy atom. The standard InChI is InChI=1S/C10H7Cl2N3O2/c11-6-3-5(4-7(12)9(6)13)10(16)14-8-1-2-17-15-8/h1-4H,13H2,(H,14,15,16). The summed E-state index contributed by atoms with van der Waals surface area (Å²) in [5, 5.41) is 6.51. The second-order valence-electron chi connectivity index (χ2n) is 3.19. The molecule has 1 aromatic heterocycles. The first kappa shape index (κ1) is 11.8. The fraction of sp³-hybridized carbons (Fsp3) is 0. The number of amides is 1. The van der Waals surface area contributed by atoms with E-state index in [1.807, 2.05) is 0 Å². The van der Waals surface area contributed by atoms with Crippen LogP contribution in [-0.4, -0.2) is 11.1 Å². The number of rotatable bonds is 2. The maximum atomic E-state index is 11.8. The highest BCUT2D eigenvalue weighted by Crippen LogP contribution is 2.29. The van der Waals surface area contributed by atoms with Gasteiger partial charge in [0, 0.05) is 11.6 Å². The summed E-state index contributed by atoms with van der Waals surface area (Å²) in [4.78, 5) is 11.8. The third-order valence-electron chi connectivity index (χ3n) is 2.02. The molecule has 0 bridgehead atoms. The van der Waals surface area contributed by atoms with Crippen LogP contribution in [0.2, 0.25) is 10.0 Å². The Morgan fingerprint density at radius 3 is 2.53 bits per heavy atom. The molecule has 1 amide bonds. The van der Waals surface area contributed by atoms with Crippen molar-refractivity contribution in [1.29, 1.82) is 0 Å². The highest BCUT2D eigenvalue weighted by atomic mass is 35.5. The summed E-state index contributed by atoms with van der Waals surface area (Å²) in [6.07, 6.45) is 1.35. The number of nitrogens with zero attached hydrogens (tertiary/aromatic N) is 1. The van der Waals surface area contributed by atoms with Gasteiger partial charge in [-0.05, 0) is 12.1 Å². The van der Waals surface area contributed by atoms with Crippen LogP contribution in [0.15, 0.2) is 29.0 Å². The molecule has 0 unspecified atom stereocenters. The lowest BCUT2D eigenvalue weighted by Gasteiger charge is -2.05. The van der Waals surface area contributed by atoms with Gasteiger partial charge in [-0.2, -0.15) is 0 Å². The molecule has 2 aromatic rings. The van der Waals surface area contributed by atoms with Crippen LogP contribution in [0.3, 0.4) is 0 Å². The smallest absolute Gasteiger partial charge is 0.257 e. The monoisotopic (exact) mass is 271 g/mol. The van der Waals surface area contributed by atoms with Gasteiger partial charge in [-0.15, -0.1) is 0 Å². The van der Waals surface area contributed by atoms with Crippen LogP contribution in [0.25, 0.3) is 0 Å². The number of benzene rings is 1. The number of nitrogens with one attached hydrogen (secondary N) is 1. The van der Waals surface area contributed by atoms with Gasteiger partial charge >= 0.3 is 0 Å². The normalized spacial score (nSPS) is 10.2. The van der Waals surface area contributed by atoms with Gasteiger partial charge in [0.2, 0.25) is 0 Å². The number of carbonyl (C=O) groups excluding carboxylic acids is 1. The number of carbonyl (C=O) groups is 1. The van der Waals surface area contributed by atoms with E-state index in [4.69, 9.17) is 28.9 Å². The molecule has 0 aliphatic heterocycles. The SMILES string of the molecule is Nc1c(Cl)cc(C(=O)Nc2ccon2)cc1Cl. The number of aromatic nitrogens is 1. The number of nitrogen functional groups attached to an aromatic ring is 1. The van der Waals surface area contributed by atoms with Crippen LogP contribution in [-0.2, 0) is 0 Å². The summed E-state index contributed by atoms with van der Waals surface area (Å²) in [6, 6.07) is 4.37. The summed E-state index contributed by atoms with van der Waals surface area (Å²) < 4.78 is 4.58. The van der Waals surface area contributed by atoms with Gasteiger partial charge in [-0.1, -0.05) is 28.4 Å². The lowest BCUT2D eigenvalue weighted by molar-refractivity contribution is 0.102. The molecule has 1 aromatic carbocycles. The maximum absolute atomic E-state index is 11.8. The Morgan fingerprint density at radius 1 is 1.35 bits per heavy atom. The van der Waals surface area contributed by atoms with Gasteiger partial charge in [0.25, 0.3) is 5.91 Å². The van der Waals surface area contributed by atoms with Gasteiger partial charge in [0.1, 0.15) is 6.26 Å². The Bertz CT molecular complexity index is 532. The van der Waals surface area contributed by atoms with Crippen molar-refractivity contribution in [3.8, 4) is 0 Å². The Hall–Kier alpha value is -1.72. The highest BCUT2D eigenvalue weighted by molar-refractivity contribution is 6.39. The van der Waals surface area contributed by atoms with Gasteiger partial charge in [-0.25, -0.2) is 0 Å². The number of halogens is 2. The minimum atomic E-state index is -0.400. The van der Waals surface area contributed by atoms with Crippen molar-refractivity contribution in [1.82, 2.24) is 5.16 Å². The van der Waals surface area contributed by atoms with E-state index >= 15 is 0 Å². The quantitative estimate of drug-likeness (QED) is 0.823. The molecule has 0 aliphatic rings. The van der Waals surface area contributed by atoms with Gasteiger partial charge < -0.3 is 15.6 Å². The average molecular weight is 272 g/mol. The molecule has 5 nitrogen and oxygen atoms in total. The van der Waals surface area contributed by atoms with E-state index in [0.717, 1.165) is 0 Å². The molecular weight excluding hydrogens is 265 g/mol. The van der Waals surface area contributed by atoms with Crippen molar-refractivity contribution in [3.63, 3.8) is 0 Å². The summed E-state index contributed by atoms with van der Waals surface area (Å²) >= 11 is 11.6. The van der Waals surface area contributed by atoms with E-state index in [1.54, 1.807) is 0 Å². The number of hydrogen-bond acceptors (Lipinski definition) is 4. The minimum Gasteiger partial charge on any atom is -0.396 e. The molecule has 0 atom stereocenters. The molecule has 0 radical (unpaired) electrons. The maximum Gasteiger partial charge on any atom is 0.257 e. The highest BCUT2D eigenvalue weighted by Gasteiger charge is 2.12. The predicted octanol–water partition coefficient (Wildman–Crippen LogP) is 2.82. The van der Waals surface area contributed by atoms with Crippen molar-refractivity contribution >= 4 is 40.6 Å². The second kappa shape index (κ2) is 4.65. The van der Waals surface area contributed by atoms with E-state index in [9.17, 15) is 4.79 Å². The van der Waals surface area contributed by atoms with Crippen LogP contribution in [0.1, 0.15) is 10.4 Å². The van der Waals surface area contributed by atoms with Crippen molar-refractivity contribution in [2.45, 2.75) is 0 Å². The van der Waals surface area contributed by atoms with Gasteiger partial charge in [0.15, 0.2) is 5.82 Å². The Balaban J connectivity index is 2.26. The first-order valence-corrected chi connectivity index (χ1v) is 5.30. The van der Waals surface area contributed by atoms with Gasteiger partial charge in [0.05, 0.1) is 15.7 Å². The third-order valence-corrected chi connectivity index (χ3v) is 2.65. The molecule has 1 heterocycles. The molecule has 0 saturated carbocycles. The zero-order valence-electron chi connectivity index (χ0n) is 8.41. The molecular formula is C10H7Cl2N3O2. The largest absolute Gasteiger partial charge is 0.396 e. The van der Waals surface area contributed by atoms with E-state index < -0.39 is 5.91 Å². The van der Waals surface area contributed by atoms with Crippen molar-refractivity contribution in [2.24, 2.45) is 0 Å². The molecule has 7 heteroatoms. The van der Waals surface area contributed by atoms with Gasteiger partial charge in [-0.3, -0.25) is 4.79 Å². The third kappa shape index (κ3) is 2.51. The number of anilines is 2. The van der Waals surface area contributed by atoms with Crippen LogP contribution >= 0.6 is 23.2 Å². The average Bonchev–Trinajstić information content (AvgIpc) is 2.77. The van der Waals surface area contributed by atoms with E-state index in [1.165, 1.54) is 24.5 Å². The summed E-state index contributed by atoms with van der Waals surface area (Å²) in [7, 11) is 0. The van der Waals surface area contributed by atoms with E-state index in [-0.39, 0.29) is 21.3 Å². The second-order valence-corrected chi connectivity index (χ2v) is 4.01. The van der Waals surface area contributed by atoms with Crippen LogP contribution < -0.4 is 11.1 Å². The van der Waals surface area contributed by atoms with E-state index in [0.29, 0.717) is 5.82 Å². The summed E-state index contributed by atoms with van der Waals surface area (Å²) in [5.41, 5.74) is 6.10. The molecule has 0 aliphatic carbocycles. The molecule has 0 spiro atoms. The molecule has 3 N–H and O–H groups in total. The van der Waals surface area contributed by atoms with Crippen LogP contribution in [0, 0.1) is 0 Å². The summed E-state index contributed by atoms with van der Waals surface area (Å²) in [5.74, 6) is -0.0956. The fourth-order valence-corrected chi connectivity index (χ4v) is 1.67. The molecule has 88 valence electrons. The first-order chi connectivity index (χ1) is 8.08. The lowest BCUT2D eigenvalue weighted by Crippen LogP contribution is -2.12. The van der Waals surface area contributed by atoms with Crippen molar-refractivity contribution in [3.05, 3.63) is 40.1 Å². The van der Waals surface area contributed by atoms with Crippen molar-refractivity contribution < 1.29 is 9.32 Å². The predicted molar refractivity (Wildman–Crippen MR) is 65.3 cm³/mol.